The third kappa shape index (κ3) is 4.70. The molecule has 0 saturated heterocycles. The zero-order valence-electron chi connectivity index (χ0n) is 17.8. The molecule has 33 heavy (non-hydrogen) atoms. The number of halogens is 1. The zero-order valence-corrected chi connectivity index (χ0v) is 17.8. The minimum absolute atomic E-state index is 0.199. The van der Waals surface area contributed by atoms with E-state index in [4.69, 9.17) is 9.47 Å². The van der Waals surface area contributed by atoms with Gasteiger partial charge in [-0.2, -0.15) is 5.26 Å². The van der Waals surface area contributed by atoms with Gasteiger partial charge >= 0.3 is 5.69 Å². The number of nitro benzene ring substituents is 1. The van der Waals surface area contributed by atoms with Crippen molar-refractivity contribution in [2.45, 2.75) is 19.6 Å². The number of nitriles is 1. The number of aliphatic hydroxyl groups is 1. The maximum atomic E-state index is 14.5. The first-order valence-electron chi connectivity index (χ1n) is 9.70. The summed E-state index contributed by atoms with van der Waals surface area (Å²) in [7, 11) is 2.47. The molecule has 1 heterocycles. The minimum atomic E-state index is -0.932. The van der Waals surface area contributed by atoms with Crippen molar-refractivity contribution in [3.63, 3.8) is 0 Å². The van der Waals surface area contributed by atoms with Crippen molar-refractivity contribution >= 4 is 17.4 Å². The molecule has 10 nitrogen and oxygen atoms in total. The highest BCUT2D eigenvalue weighted by atomic mass is 19.1. The Balaban J connectivity index is 1.94. The smallest absolute Gasteiger partial charge is 0.315 e. The molecule has 0 aromatic heterocycles. The molecule has 0 fully saturated rings. The number of nitro groups is 1. The lowest BCUT2D eigenvalue weighted by Gasteiger charge is -2.21. The number of nitrogens with zero attached hydrogens (tertiary/aromatic N) is 3. The molecular weight excluding hydrogens is 437 g/mol. The fourth-order valence-electron chi connectivity index (χ4n) is 3.45. The van der Waals surface area contributed by atoms with Gasteiger partial charge in [0.15, 0.2) is 11.3 Å². The topological polar surface area (TPSA) is 146 Å². The molecule has 2 N–H and O–H groups in total. The molecule has 0 unspecified atom stereocenters. The number of likely N-dealkylation sites (N-methyl/N-ethyl adjacent to an activating group) is 1. The second-order valence-corrected chi connectivity index (χ2v) is 7.31. The fraction of sp³-hybridized carbons (Fsp3) is 0.273. The number of phenolic OH excluding ortho intramolecular Hbond substituents is 1. The number of carbonyl (C=O) groups is 1. The molecule has 0 spiro atoms. The van der Waals surface area contributed by atoms with Crippen LogP contribution in [-0.4, -0.2) is 46.7 Å². The van der Waals surface area contributed by atoms with E-state index < -0.39 is 39.4 Å². The van der Waals surface area contributed by atoms with E-state index in [1.165, 1.54) is 13.1 Å². The number of hydrogen-bond donors (Lipinski definition) is 2. The van der Waals surface area contributed by atoms with Crippen LogP contribution in [0.4, 0.5) is 10.1 Å². The van der Waals surface area contributed by atoms with Gasteiger partial charge in [-0.15, -0.1) is 0 Å². The Labute approximate surface area is 187 Å². The van der Waals surface area contributed by atoms with Crippen LogP contribution >= 0.6 is 0 Å². The molecular formula is C22H20FN3O7. The summed E-state index contributed by atoms with van der Waals surface area (Å²) in [6, 6.07) is 6.43. The third-order valence-electron chi connectivity index (χ3n) is 5.20. The lowest BCUT2D eigenvalue weighted by atomic mass is 9.99. The number of fused-ring (bicyclic) bond motifs is 1. The van der Waals surface area contributed by atoms with E-state index in [1.807, 2.05) is 0 Å². The summed E-state index contributed by atoms with van der Waals surface area (Å²) < 4.78 is 24.8. The molecule has 1 amide bonds. The highest BCUT2D eigenvalue weighted by Crippen LogP contribution is 2.38. The number of aliphatic hydroxyl groups excluding tert-OH is 1. The molecule has 0 aliphatic carbocycles. The van der Waals surface area contributed by atoms with Gasteiger partial charge in [-0.05, 0) is 35.7 Å². The van der Waals surface area contributed by atoms with E-state index >= 15 is 0 Å². The number of amides is 1. The van der Waals surface area contributed by atoms with Crippen LogP contribution in [0.25, 0.3) is 5.76 Å². The molecule has 0 saturated carbocycles. The largest absolute Gasteiger partial charge is 0.506 e. The predicted molar refractivity (Wildman–Crippen MR) is 113 cm³/mol. The van der Waals surface area contributed by atoms with Crippen LogP contribution < -0.4 is 4.74 Å². The Bertz CT molecular complexity index is 1200. The van der Waals surface area contributed by atoms with Crippen LogP contribution in [0.15, 0.2) is 29.8 Å². The van der Waals surface area contributed by atoms with E-state index in [-0.39, 0.29) is 23.4 Å². The van der Waals surface area contributed by atoms with Gasteiger partial charge in [-0.3, -0.25) is 14.9 Å². The summed E-state index contributed by atoms with van der Waals surface area (Å²) in [6.07, 6.45) is 0.582. The summed E-state index contributed by atoms with van der Waals surface area (Å²) in [5, 5.41) is 41.1. The molecule has 3 rings (SSSR count). The Morgan fingerprint density at radius 2 is 2.09 bits per heavy atom. The van der Waals surface area contributed by atoms with Crippen molar-refractivity contribution in [1.82, 2.24) is 4.90 Å². The van der Waals surface area contributed by atoms with Gasteiger partial charge in [0, 0.05) is 30.8 Å². The maximum Gasteiger partial charge on any atom is 0.315 e. The number of ether oxygens (including phenoxy) is 2. The third-order valence-corrected chi connectivity index (χ3v) is 5.20. The molecule has 11 heteroatoms. The number of phenols is 1. The van der Waals surface area contributed by atoms with Gasteiger partial charge in [-0.25, -0.2) is 4.39 Å². The number of aromatic hydroxyl groups is 1. The van der Waals surface area contributed by atoms with Crippen molar-refractivity contribution in [3.05, 3.63) is 68.0 Å². The van der Waals surface area contributed by atoms with E-state index in [0.717, 1.165) is 35.3 Å². The first kappa shape index (κ1) is 23.5. The van der Waals surface area contributed by atoms with E-state index in [9.17, 15) is 34.8 Å². The van der Waals surface area contributed by atoms with Crippen LogP contribution in [0.5, 0.6) is 11.5 Å². The number of methoxy groups -OCH3 is 1. The maximum absolute atomic E-state index is 14.5. The Kier molecular flexibility index (Phi) is 6.79. The summed E-state index contributed by atoms with van der Waals surface area (Å²) in [4.78, 5) is 24.2. The van der Waals surface area contributed by atoms with Crippen LogP contribution in [-0.2, 0) is 29.1 Å². The lowest BCUT2D eigenvalue weighted by Crippen LogP contribution is -2.28. The average molecular weight is 457 g/mol. The van der Waals surface area contributed by atoms with E-state index in [1.54, 1.807) is 12.1 Å². The minimum Gasteiger partial charge on any atom is -0.506 e. The molecule has 1 aliphatic rings. The number of carbonyl (C=O) groups excluding carboxylic acids is 1. The standard InChI is InChI=1S/C22H20FN3O7/c1-25(10-14-5-15-11-33-4-3-12(15)6-17(14)23)22(29)16(9-24)20(27)13-7-18(26(30)31)21(28)19(8-13)32-2/h5-8,27-28H,3-4,10-11H2,1-2H3/b20-16-. The quantitative estimate of drug-likeness (QED) is 0.221. The van der Waals surface area contributed by atoms with Gasteiger partial charge < -0.3 is 24.6 Å². The van der Waals surface area contributed by atoms with Gasteiger partial charge in [0.1, 0.15) is 17.6 Å². The van der Waals surface area contributed by atoms with Crippen molar-refractivity contribution in [3.8, 4) is 17.6 Å². The first-order chi connectivity index (χ1) is 15.7. The SMILES string of the molecule is COc1cc(/C(O)=C(\C#N)C(=O)N(C)Cc2cc3c(cc2F)CCOC3)cc([N+](=O)[O-])c1O. The molecule has 1 aliphatic heterocycles. The Morgan fingerprint density at radius 1 is 1.36 bits per heavy atom. The summed E-state index contributed by atoms with van der Waals surface area (Å²) in [5.41, 5.74) is 0.0460. The molecule has 0 bridgehead atoms. The van der Waals surface area contributed by atoms with Crippen molar-refractivity contribution in [2.75, 3.05) is 20.8 Å². The average Bonchev–Trinajstić information content (AvgIpc) is 2.79. The highest BCUT2D eigenvalue weighted by molar-refractivity contribution is 6.03. The second-order valence-electron chi connectivity index (χ2n) is 7.31. The summed E-state index contributed by atoms with van der Waals surface area (Å²) in [6.45, 7) is 0.626. The van der Waals surface area contributed by atoms with Crippen molar-refractivity contribution < 1.29 is 33.8 Å². The Hall–Kier alpha value is -4.17. The molecule has 0 radical (unpaired) electrons. The zero-order chi connectivity index (χ0) is 24.3. The summed E-state index contributed by atoms with van der Waals surface area (Å²) >= 11 is 0. The molecule has 172 valence electrons. The number of rotatable bonds is 6. The molecule has 2 aromatic rings. The van der Waals surface area contributed by atoms with Crippen molar-refractivity contribution in [2.24, 2.45) is 0 Å². The van der Waals surface area contributed by atoms with Crippen LogP contribution in [0, 0.1) is 27.3 Å². The van der Waals surface area contributed by atoms with E-state index in [2.05, 4.69) is 0 Å². The molecule has 2 aromatic carbocycles. The predicted octanol–water partition coefficient (Wildman–Crippen LogP) is 2.97. The lowest BCUT2D eigenvalue weighted by molar-refractivity contribution is -0.386. The highest BCUT2D eigenvalue weighted by Gasteiger charge is 2.26. The van der Waals surface area contributed by atoms with Crippen LogP contribution in [0.3, 0.4) is 0 Å². The summed E-state index contributed by atoms with van der Waals surface area (Å²) in [5.74, 6) is -3.40. The Morgan fingerprint density at radius 3 is 2.73 bits per heavy atom. The van der Waals surface area contributed by atoms with Gasteiger partial charge in [-0.1, -0.05) is 0 Å². The fourth-order valence-corrected chi connectivity index (χ4v) is 3.45. The second kappa shape index (κ2) is 9.54. The molecule has 0 atom stereocenters. The van der Waals surface area contributed by atoms with Crippen molar-refractivity contribution in [1.29, 1.82) is 5.26 Å². The monoisotopic (exact) mass is 457 g/mol. The van der Waals surface area contributed by atoms with Gasteiger partial charge in [0.05, 0.1) is 25.2 Å². The van der Waals surface area contributed by atoms with Gasteiger partial charge in [0.2, 0.25) is 5.75 Å². The number of benzene rings is 2. The van der Waals surface area contributed by atoms with Crippen LogP contribution in [0.1, 0.15) is 22.3 Å². The van der Waals surface area contributed by atoms with Crippen LogP contribution in [0.2, 0.25) is 0 Å². The van der Waals surface area contributed by atoms with Gasteiger partial charge in [0.25, 0.3) is 5.91 Å². The van der Waals surface area contributed by atoms with E-state index in [0.29, 0.717) is 19.6 Å². The normalized spacial score (nSPS) is 13.4. The number of hydrogen-bond acceptors (Lipinski definition) is 8. The first-order valence-corrected chi connectivity index (χ1v) is 9.70.